The van der Waals surface area contributed by atoms with Crippen molar-refractivity contribution in [2.75, 3.05) is 20.1 Å². The molecule has 0 aromatic heterocycles. The van der Waals surface area contributed by atoms with Gasteiger partial charge >= 0.3 is 5.97 Å². The fourth-order valence-electron chi connectivity index (χ4n) is 1.47. The first-order chi connectivity index (χ1) is 7.58. The van der Waals surface area contributed by atoms with Gasteiger partial charge in [-0.05, 0) is 26.0 Å². The lowest BCUT2D eigenvalue weighted by atomic mass is 10.1. The minimum Gasteiger partial charge on any atom is -0.481 e. The zero-order valence-corrected chi connectivity index (χ0v) is 9.94. The van der Waals surface area contributed by atoms with E-state index in [4.69, 9.17) is 5.11 Å². The molecule has 0 atom stereocenters. The molecule has 0 saturated heterocycles. The number of aryl methyl sites for hydroxylation is 1. The van der Waals surface area contributed by atoms with Crippen molar-refractivity contribution in [1.29, 1.82) is 0 Å². The summed E-state index contributed by atoms with van der Waals surface area (Å²) < 4.78 is 0. The molecule has 1 rings (SSSR count). The molecular formula is C13H19NO2. The van der Waals surface area contributed by atoms with E-state index >= 15 is 0 Å². The van der Waals surface area contributed by atoms with E-state index in [1.165, 1.54) is 11.1 Å². The highest BCUT2D eigenvalue weighted by Crippen LogP contribution is 2.04. The van der Waals surface area contributed by atoms with Crippen LogP contribution >= 0.6 is 0 Å². The SMILES string of the molecule is Cc1ccc(CCN(C)CCC(=O)O)cc1. The molecule has 0 aliphatic rings. The Morgan fingerprint density at radius 1 is 1.25 bits per heavy atom. The van der Waals surface area contributed by atoms with E-state index in [-0.39, 0.29) is 6.42 Å². The Hall–Kier alpha value is -1.35. The van der Waals surface area contributed by atoms with Crippen LogP contribution in [0.4, 0.5) is 0 Å². The van der Waals surface area contributed by atoms with Crippen molar-refractivity contribution in [2.24, 2.45) is 0 Å². The Morgan fingerprint density at radius 3 is 2.44 bits per heavy atom. The normalized spacial score (nSPS) is 10.7. The van der Waals surface area contributed by atoms with E-state index in [9.17, 15) is 4.79 Å². The Bertz CT molecular complexity index is 332. The number of aliphatic carboxylic acids is 1. The molecule has 16 heavy (non-hydrogen) atoms. The maximum Gasteiger partial charge on any atom is 0.304 e. The summed E-state index contributed by atoms with van der Waals surface area (Å²) in [7, 11) is 1.96. The van der Waals surface area contributed by atoms with Crippen LogP contribution in [0, 0.1) is 6.92 Å². The molecule has 0 radical (unpaired) electrons. The van der Waals surface area contributed by atoms with Crippen LogP contribution in [-0.4, -0.2) is 36.1 Å². The number of rotatable bonds is 6. The fraction of sp³-hybridized carbons (Fsp3) is 0.462. The van der Waals surface area contributed by atoms with E-state index < -0.39 is 5.97 Å². The fourth-order valence-corrected chi connectivity index (χ4v) is 1.47. The van der Waals surface area contributed by atoms with Crippen LogP contribution in [-0.2, 0) is 11.2 Å². The van der Waals surface area contributed by atoms with Crippen molar-refractivity contribution >= 4 is 5.97 Å². The first-order valence-electron chi connectivity index (χ1n) is 5.54. The lowest BCUT2D eigenvalue weighted by molar-refractivity contribution is -0.137. The van der Waals surface area contributed by atoms with Gasteiger partial charge in [-0.3, -0.25) is 4.79 Å². The summed E-state index contributed by atoms with van der Waals surface area (Å²) in [5.41, 5.74) is 2.57. The predicted molar refractivity (Wildman–Crippen MR) is 64.6 cm³/mol. The summed E-state index contributed by atoms with van der Waals surface area (Å²) in [6, 6.07) is 8.46. The molecule has 1 N–H and O–H groups in total. The second-order valence-corrected chi connectivity index (χ2v) is 4.18. The molecule has 3 nitrogen and oxygen atoms in total. The minimum atomic E-state index is -0.734. The molecule has 0 aliphatic heterocycles. The number of carbonyl (C=O) groups is 1. The lowest BCUT2D eigenvalue weighted by Crippen LogP contribution is -2.24. The van der Waals surface area contributed by atoms with Crippen LogP contribution in [0.2, 0.25) is 0 Å². The van der Waals surface area contributed by atoms with Gasteiger partial charge in [0.1, 0.15) is 0 Å². The average Bonchev–Trinajstić information content (AvgIpc) is 2.25. The van der Waals surface area contributed by atoms with Crippen molar-refractivity contribution in [1.82, 2.24) is 4.90 Å². The van der Waals surface area contributed by atoms with Crippen LogP contribution in [0.1, 0.15) is 17.5 Å². The lowest BCUT2D eigenvalue weighted by Gasteiger charge is -2.15. The quantitative estimate of drug-likeness (QED) is 0.798. The Balaban J connectivity index is 2.28. The molecule has 88 valence electrons. The first-order valence-corrected chi connectivity index (χ1v) is 5.54. The number of carboxylic acids is 1. The third kappa shape index (κ3) is 4.94. The Morgan fingerprint density at radius 2 is 1.88 bits per heavy atom. The highest BCUT2D eigenvalue weighted by molar-refractivity contribution is 5.66. The van der Waals surface area contributed by atoms with Gasteiger partial charge in [-0.25, -0.2) is 0 Å². The van der Waals surface area contributed by atoms with Gasteiger partial charge in [-0.1, -0.05) is 29.8 Å². The van der Waals surface area contributed by atoms with Gasteiger partial charge in [0.05, 0.1) is 6.42 Å². The monoisotopic (exact) mass is 221 g/mol. The van der Waals surface area contributed by atoms with E-state index in [0.29, 0.717) is 6.54 Å². The molecule has 0 unspecified atom stereocenters. The van der Waals surface area contributed by atoms with Gasteiger partial charge in [0.25, 0.3) is 0 Å². The van der Waals surface area contributed by atoms with Crippen LogP contribution in [0.15, 0.2) is 24.3 Å². The van der Waals surface area contributed by atoms with Gasteiger partial charge < -0.3 is 10.0 Å². The molecule has 0 aliphatic carbocycles. The van der Waals surface area contributed by atoms with Crippen molar-refractivity contribution in [2.45, 2.75) is 19.8 Å². The topological polar surface area (TPSA) is 40.5 Å². The average molecular weight is 221 g/mol. The van der Waals surface area contributed by atoms with E-state index in [0.717, 1.165) is 13.0 Å². The van der Waals surface area contributed by atoms with E-state index in [1.807, 2.05) is 11.9 Å². The summed E-state index contributed by atoms with van der Waals surface area (Å²) >= 11 is 0. The molecule has 3 heteroatoms. The van der Waals surface area contributed by atoms with E-state index in [1.54, 1.807) is 0 Å². The number of carboxylic acid groups (broad SMARTS) is 1. The highest BCUT2D eigenvalue weighted by Gasteiger charge is 2.02. The predicted octanol–water partition coefficient (Wildman–Crippen LogP) is 1.94. The van der Waals surface area contributed by atoms with Crippen molar-refractivity contribution < 1.29 is 9.90 Å². The van der Waals surface area contributed by atoms with Crippen molar-refractivity contribution in [3.8, 4) is 0 Å². The Labute approximate surface area is 96.7 Å². The molecule has 0 bridgehead atoms. The smallest absolute Gasteiger partial charge is 0.304 e. The standard InChI is InChI=1S/C13H19NO2/c1-11-3-5-12(6-4-11)7-9-14(2)10-8-13(15)16/h3-6H,7-10H2,1-2H3,(H,15,16). The van der Waals surface area contributed by atoms with Gasteiger partial charge in [0.2, 0.25) is 0 Å². The molecule has 1 aromatic rings. The van der Waals surface area contributed by atoms with Crippen molar-refractivity contribution in [3.63, 3.8) is 0 Å². The number of nitrogens with zero attached hydrogens (tertiary/aromatic N) is 1. The molecule has 0 fully saturated rings. The largest absolute Gasteiger partial charge is 0.481 e. The third-order valence-electron chi connectivity index (χ3n) is 2.61. The second kappa shape index (κ2) is 6.28. The maximum atomic E-state index is 10.4. The molecular weight excluding hydrogens is 202 g/mol. The minimum absolute atomic E-state index is 0.213. The van der Waals surface area contributed by atoms with E-state index in [2.05, 4.69) is 31.2 Å². The molecule has 0 amide bonds. The molecule has 0 saturated carbocycles. The summed E-state index contributed by atoms with van der Waals surface area (Å²) in [5.74, 6) is -0.734. The molecule has 1 aromatic carbocycles. The summed E-state index contributed by atoms with van der Waals surface area (Å²) in [4.78, 5) is 12.4. The van der Waals surface area contributed by atoms with Crippen LogP contribution < -0.4 is 0 Å². The molecule has 0 spiro atoms. The summed E-state index contributed by atoms with van der Waals surface area (Å²) in [6.07, 6.45) is 1.18. The highest BCUT2D eigenvalue weighted by atomic mass is 16.4. The van der Waals surface area contributed by atoms with Crippen LogP contribution in [0.25, 0.3) is 0 Å². The summed E-state index contributed by atoms with van der Waals surface area (Å²) in [5, 5.41) is 8.55. The Kier molecular flexibility index (Phi) is 4.99. The third-order valence-corrected chi connectivity index (χ3v) is 2.61. The number of hydrogen-bond acceptors (Lipinski definition) is 2. The first kappa shape index (κ1) is 12.7. The number of hydrogen-bond donors (Lipinski definition) is 1. The van der Waals surface area contributed by atoms with Crippen molar-refractivity contribution in [3.05, 3.63) is 35.4 Å². The zero-order chi connectivity index (χ0) is 12.0. The maximum absolute atomic E-state index is 10.4. The second-order valence-electron chi connectivity index (χ2n) is 4.18. The number of likely N-dealkylation sites (N-methyl/N-ethyl adjacent to an activating group) is 1. The van der Waals surface area contributed by atoms with Crippen LogP contribution in [0.3, 0.4) is 0 Å². The summed E-state index contributed by atoms with van der Waals surface area (Å²) in [6.45, 7) is 3.58. The van der Waals surface area contributed by atoms with Gasteiger partial charge in [-0.2, -0.15) is 0 Å². The molecule has 0 heterocycles. The van der Waals surface area contributed by atoms with Gasteiger partial charge in [0, 0.05) is 13.1 Å². The van der Waals surface area contributed by atoms with Gasteiger partial charge in [0.15, 0.2) is 0 Å². The number of benzene rings is 1. The van der Waals surface area contributed by atoms with Crippen LogP contribution in [0.5, 0.6) is 0 Å². The van der Waals surface area contributed by atoms with Gasteiger partial charge in [-0.15, -0.1) is 0 Å². The zero-order valence-electron chi connectivity index (χ0n) is 9.94.